The summed E-state index contributed by atoms with van der Waals surface area (Å²) in [5.41, 5.74) is 0.798. The molecule has 0 aliphatic rings. The third kappa shape index (κ3) is 7.09. The average Bonchev–Trinajstić information content (AvgIpc) is 2.72. The number of rotatable bonds is 10. The monoisotopic (exact) mass is 412 g/mol. The van der Waals surface area contributed by atoms with Crippen molar-refractivity contribution < 1.29 is 19.1 Å². The van der Waals surface area contributed by atoms with Crippen molar-refractivity contribution in [3.8, 4) is 5.75 Å². The topological polar surface area (TPSA) is 52.6 Å². The number of carbonyl (C=O) groups excluding carboxylic acids is 2. The van der Waals surface area contributed by atoms with Crippen LogP contribution < -0.4 is 4.74 Å². The van der Waals surface area contributed by atoms with Gasteiger partial charge in [-0.3, -0.25) is 4.79 Å². The van der Waals surface area contributed by atoms with E-state index in [0.717, 1.165) is 23.3 Å². The first-order chi connectivity index (χ1) is 13.9. The molecule has 4 nitrogen and oxygen atoms in total. The van der Waals surface area contributed by atoms with Crippen LogP contribution in [0, 0.1) is 0 Å². The summed E-state index contributed by atoms with van der Waals surface area (Å²) in [7, 11) is 0. The predicted octanol–water partition coefficient (Wildman–Crippen LogP) is 5.50. The lowest BCUT2D eigenvalue weighted by molar-refractivity contribution is -0.158. The van der Waals surface area contributed by atoms with Gasteiger partial charge in [-0.05, 0) is 87.9 Å². The summed E-state index contributed by atoms with van der Waals surface area (Å²) in [5.74, 6) is 0.246. The zero-order valence-electron chi connectivity index (χ0n) is 17.4. The van der Waals surface area contributed by atoms with Crippen molar-refractivity contribution in [2.75, 3.05) is 12.9 Å². The van der Waals surface area contributed by atoms with Gasteiger partial charge in [0, 0.05) is 10.5 Å². The average molecular weight is 413 g/mol. The Bertz CT molecular complexity index is 836. The van der Waals surface area contributed by atoms with E-state index in [-0.39, 0.29) is 11.8 Å². The number of carbonyl (C=O) groups is 2. The lowest BCUT2D eigenvalue weighted by Crippen LogP contribution is -2.39. The molecule has 0 unspecified atom stereocenters. The number of hydrogen-bond donors (Lipinski definition) is 0. The standard InChI is InChI=1S/C24H28O4S/c1-5-27-23(26)24(2,3)28-20-14-10-18(11-15-20)8-6-7-9-22(25)19-12-16-21(29-4)17-13-19/h7,9-17H,5-6,8H2,1-4H3/b9-7+. The molecule has 0 amide bonds. The van der Waals surface area contributed by atoms with Crippen molar-refractivity contribution >= 4 is 23.5 Å². The van der Waals surface area contributed by atoms with E-state index in [2.05, 4.69) is 0 Å². The Balaban J connectivity index is 1.84. The third-order valence-corrected chi connectivity index (χ3v) is 5.05. The Morgan fingerprint density at radius 1 is 1.03 bits per heavy atom. The van der Waals surface area contributed by atoms with Gasteiger partial charge in [0.05, 0.1) is 6.61 Å². The highest BCUT2D eigenvalue weighted by Gasteiger charge is 2.31. The molecule has 0 bridgehead atoms. The molecule has 154 valence electrons. The van der Waals surface area contributed by atoms with Crippen LogP contribution in [0.1, 0.15) is 43.1 Å². The van der Waals surface area contributed by atoms with Crippen LogP contribution in [0.4, 0.5) is 0 Å². The molecule has 0 radical (unpaired) electrons. The van der Waals surface area contributed by atoms with Gasteiger partial charge in [-0.1, -0.05) is 18.2 Å². The number of ether oxygens (including phenoxy) is 2. The van der Waals surface area contributed by atoms with Gasteiger partial charge < -0.3 is 9.47 Å². The number of ketones is 1. The summed E-state index contributed by atoms with van der Waals surface area (Å²) in [6, 6.07) is 15.2. The number of aryl methyl sites for hydroxylation is 1. The zero-order valence-corrected chi connectivity index (χ0v) is 18.3. The molecule has 0 aliphatic heterocycles. The normalized spacial score (nSPS) is 11.4. The molecular weight excluding hydrogens is 384 g/mol. The molecular formula is C24H28O4S. The van der Waals surface area contributed by atoms with Gasteiger partial charge in [0.2, 0.25) is 0 Å². The van der Waals surface area contributed by atoms with Gasteiger partial charge in [-0.15, -0.1) is 11.8 Å². The quantitative estimate of drug-likeness (QED) is 0.223. The van der Waals surface area contributed by atoms with Crippen molar-refractivity contribution in [1.82, 2.24) is 0 Å². The highest BCUT2D eigenvalue weighted by atomic mass is 32.2. The van der Waals surface area contributed by atoms with Crippen LogP contribution in [-0.2, 0) is 16.0 Å². The molecule has 5 heteroatoms. The highest BCUT2D eigenvalue weighted by Crippen LogP contribution is 2.21. The lowest BCUT2D eigenvalue weighted by atomic mass is 10.1. The summed E-state index contributed by atoms with van der Waals surface area (Å²) < 4.78 is 10.8. The summed E-state index contributed by atoms with van der Waals surface area (Å²) in [5, 5.41) is 0. The summed E-state index contributed by atoms with van der Waals surface area (Å²) >= 11 is 1.65. The number of allylic oxidation sites excluding steroid dienone is 2. The first kappa shape index (κ1) is 22.8. The van der Waals surface area contributed by atoms with E-state index in [1.807, 2.05) is 60.9 Å². The second-order valence-corrected chi connectivity index (χ2v) is 7.89. The Kier molecular flexibility index (Phi) is 8.52. The molecule has 0 saturated carbocycles. The maximum absolute atomic E-state index is 12.2. The second-order valence-electron chi connectivity index (χ2n) is 7.01. The third-order valence-electron chi connectivity index (χ3n) is 4.31. The van der Waals surface area contributed by atoms with Crippen molar-refractivity contribution in [2.45, 2.75) is 44.1 Å². The van der Waals surface area contributed by atoms with E-state index in [0.29, 0.717) is 17.9 Å². The van der Waals surface area contributed by atoms with Crippen molar-refractivity contribution in [3.05, 3.63) is 71.8 Å². The first-order valence-corrected chi connectivity index (χ1v) is 10.9. The molecule has 0 saturated heterocycles. The minimum Gasteiger partial charge on any atom is -0.476 e. The van der Waals surface area contributed by atoms with Crippen molar-refractivity contribution in [3.63, 3.8) is 0 Å². The fourth-order valence-electron chi connectivity index (χ4n) is 2.66. The molecule has 0 fully saturated rings. The van der Waals surface area contributed by atoms with Gasteiger partial charge in [0.15, 0.2) is 11.4 Å². The van der Waals surface area contributed by atoms with Gasteiger partial charge in [-0.25, -0.2) is 4.79 Å². The first-order valence-electron chi connectivity index (χ1n) is 9.66. The maximum Gasteiger partial charge on any atom is 0.349 e. The predicted molar refractivity (Wildman–Crippen MR) is 118 cm³/mol. The van der Waals surface area contributed by atoms with Crippen molar-refractivity contribution in [1.29, 1.82) is 0 Å². The van der Waals surface area contributed by atoms with Gasteiger partial charge >= 0.3 is 5.97 Å². The zero-order chi connectivity index (χ0) is 21.3. The van der Waals surface area contributed by atoms with Crippen LogP contribution in [0.5, 0.6) is 5.75 Å². The molecule has 2 aromatic rings. The largest absolute Gasteiger partial charge is 0.476 e. The van der Waals surface area contributed by atoms with Crippen LogP contribution in [0.15, 0.2) is 65.6 Å². The number of benzene rings is 2. The van der Waals surface area contributed by atoms with E-state index in [1.165, 1.54) is 0 Å². The molecule has 2 rings (SSSR count). The van der Waals surface area contributed by atoms with E-state index in [4.69, 9.17) is 9.47 Å². The number of hydrogen-bond acceptors (Lipinski definition) is 5. The Morgan fingerprint density at radius 3 is 2.28 bits per heavy atom. The maximum atomic E-state index is 12.2. The Labute approximate surface area is 177 Å². The van der Waals surface area contributed by atoms with Crippen LogP contribution in [0.3, 0.4) is 0 Å². The lowest BCUT2D eigenvalue weighted by Gasteiger charge is -2.24. The Morgan fingerprint density at radius 2 is 1.69 bits per heavy atom. The van der Waals surface area contributed by atoms with E-state index >= 15 is 0 Å². The SMILES string of the molecule is CCOC(=O)C(C)(C)Oc1ccc(CC/C=C/C(=O)c2ccc(SC)cc2)cc1. The van der Waals surface area contributed by atoms with Crippen molar-refractivity contribution in [2.24, 2.45) is 0 Å². The Hall–Kier alpha value is -2.53. The summed E-state index contributed by atoms with van der Waals surface area (Å²) in [4.78, 5) is 25.2. The van der Waals surface area contributed by atoms with Crippen LogP contribution >= 0.6 is 11.8 Å². The summed E-state index contributed by atoms with van der Waals surface area (Å²) in [6.07, 6.45) is 7.13. The van der Waals surface area contributed by atoms with E-state index < -0.39 is 5.60 Å². The molecule has 0 aliphatic carbocycles. The fraction of sp³-hybridized carbons (Fsp3) is 0.333. The van der Waals surface area contributed by atoms with Crippen LogP contribution in [0.25, 0.3) is 0 Å². The second kappa shape index (κ2) is 10.9. The molecule has 0 atom stereocenters. The van der Waals surface area contributed by atoms with Crippen LogP contribution in [-0.4, -0.2) is 30.2 Å². The number of esters is 1. The molecule has 29 heavy (non-hydrogen) atoms. The van der Waals surface area contributed by atoms with Gasteiger partial charge in [-0.2, -0.15) is 0 Å². The number of thioether (sulfide) groups is 1. The minimum atomic E-state index is -1.03. The molecule has 2 aromatic carbocycles. The minimum absolute atomic E-state index is 0.0163. The molecule has 0 heterocycles. The van der Waals surface area contributed by atoms with Gasteiger partial charge in [0.25, 0.3) is 0 Å². The summed E-state index contributed by atoms with van der Waals surface area (Å²) in [6.45, 7) is 5.47. The fourth-order valence-corrected chi connectivity index (χ4v) is 3.07. The van der Waals surface area contributed by atoms with E-state index in [9.17, 15) is 9.59 Å². The van der Waals surface area contributed by atoms with Gasteiger partial charge in [0.1, 0.15) is 5.75 Å². The van der Waals surface area contributed by atoms with E-state index in [1.54, 1.807) is 38.6 Å². The smallest absolute Gasteiger partial charge is 0.349 e. The van der Waals surface area contributed by atoms with Crippen LogP contribution in [0.2, 0.25) is 0 Å². The highest BCUT2D eigenvalue weighted by molar-refractivity contribution is 7.98. The molecule has 0 N–H and O–H groups in total. The molecule has 0 aromatic heterocycles. The molecule has 0 spiro atoms.